The Morgan fingerprint density at radius 1 is 1.33 bits per heavy atom. The number of aryl methyl sites for hydroxylation is 2. The zero-order chi connectivity index (χ0) is 15.3. The van der Waals surface area contributed by atoms with Crippen LogP contribution < -0.4 is 0 Å². The van der Waals surface area contributed by atoms with E-state index in [9.17, 15) is 9.90 Å². The highest BCUT2D eigenvalue weighted by atomic mass is 35.5. The van der Waals surface area contributed by atoms with Crippen LogP contribution in [0.1, 0.15) is 16.1 Å². The number of carboxylic acids is 1. The van der Waals surface area contributed by atoms with Crippen molar-refractivity contribution in [1.82, 2.24) is 14.3 Å². The van der Waals surface area contributed by atoms with Gasteiger partial charge in [-0.15, -0.1) is 0 Å². The Balaban J connectivity index is 2.47. The fourth-order valence-corrected chi connectivity index (χ4v) is 3.08. The van der Waals surface area contributed by atoms with Crippen molar-refractivity contribution < 1.29 is 9.90 Å². The number of nitrogens with zero attached hydrogens (tertiary/aromatic N) is 3. The molecule has 0 aliphatic carbocycles. The summed E-state index contributed by atoms with van der Waals surface area (Å²) in [6.45, 7) is 1.95. The van der Waals surface area contributed by atoms with Crippen LogP contribution >= 0.6 is 11.6 Å². The first-order valence-electron chi connectivity index (χ1n) is 6.42. The van der Waals surface area contributed by atoms with Gasteiger partial charge in [0.25, 0.3) is 0 Å². The number of halogens is 1. The molecular formula is C15H14ClN3O2. The molecule has 0 radical (unpaired) electrons. The zero-order valence-electron chi connectivity index (χ0n) is 11.9. The third-order valence-electron chi connectivity index (χ3n) is 3.86. The predicted octanol–water partition coefficient (Wildman–Crippen LogP) is 3.24. The lowest BCUT2D eigenvalue weighted by Crippen LogP contribution is -2.02. The lowest BCUT2D eigenvalue weighted by atomic mass is 10.0. The molecule has 6 heteroatoms. The summed E-state index contributed by atoms with van der Waals surface area (Å²) in [5, 5.41) is 15.0. The van der Waals surface area contributed by atoms with Crippen molar-refractivity contribution in [3.05, 3.63) is 40.7 Å². The summed E-state index contributed by atoms with van der Waals surface area (Å²) >= 11 is 6.29. The fraction of sp³-hybridized carbons (Fsp3) is 0.200. The Bertz CT molecular complexity index is 877. The molecule has 0 amide bonds. The Morgan fingerprint density at radius 3 is 2.71 bits per heavy atom. The summed E-state index contributed by atoms with van der Waals surface area (Å²) in [4.78, 5) is 11.4. The van der Waals surface area contributed by atoms with E-state index < -0.39 is 5.97 Å². The molecule has 1 N–H and O–H groups in total. The minimum Gasteiger partial charge on any atom is -0.478 e. The van der Waals surface area contributed by atoms with Crippen LogP contribution in [0.3, 0.4) is 0 Å². The molecule has 0 saturated carbocycles. The van der Waals surface area contributed by atoms with Crippen LogP contribution in [0.15, 0.2) is 24.4 Å². The highest BCUT2D eigenvalue weighted by molar-refractivity contribution is 6.35. The van der Waals surface area contributed by atoms with Crippen LogP contribution in [0.2, 0.25) is 5.02 Å². The molecule has 0 saturated heterocycles. The van der Waals surface area contributed by atoms with E-state index in [-0.39, 0.29) is 5.56 Å². The number of aromatic carboxylic acids is 1. The maximum atomic E-state index is 11.4. The number of carboxylic acid groups (broad SMARTS) is 1. The van der Waals surface area contributed by atoms with Gasteiger partial charge in [-0.25, -0.2) is 4.79 Å². The molecule has 0 spiro atoms. The summed E-state index contributed by atoms with van der Waals surface area (Å²) < 4.78 is 3.57. The number of carbonyl (C=O) groups is 1. The first-order chi connectivity index (χ1) is 9.93. The molecule has 3 rings (SSSR count). The van der Waals surface area contributed by atoms with Crippen LogP contribution in [-0.4, -0.2) is 25.4 Å². The lowest BCUT2D eigenvalue weighted by molar-refractivity contribution is 0.0697. The summed E-state index contributed by atoms with van der Waals surface area (Å²) in [6, 6.07) is 5.64. The van der Waals surface area contributed by atoms with Gasteiger partial charge >= 0.3 is 5.97 Å². The van der Waals surface area contributed by atoms with Gasteiger partial charge in [-0.05, 0) is 13.0 Å². The van der Waals surface area contributed by atoms with Crippen molar-refractivity contribution in [2.45, 2.75) is 6.92 Å². The van der Waals surface area contributed by atoms with Crippen LogP contribution in [-0.2, 0) is 14.1 Å². The normalized spacial score (nSPS) is 11.2. The predicted molar refractivity (Wildman–Crippen MR) is 81.8 cm³/mol. The molecule has 21 heavy (non-hydrogen) atoms. The zero-order valence-corrected chi connectivity index (χ0v) is 12.6. The molecule has 0 aliphatic heterocycles. The van der Waals surface area contributed by atoms with Crippen LogP contribution in [0.4, 0.5) is 0 Å². The van der Waals surface area contributed by atoms with E-state index in [4.69, 9.17) is 11.6 Å². The first kappa shape index (κ1) is 13.7. The van der Waals surface area contributed by atoms with Crippen molar-refractivity contribution in [1.29, 1.82) is 0 Å². The molecule has 0 unspecified atom stereocenters. The van der Waals surface area contributed by atoms with Crippen molar-refractivity contribution in [3.63, 3.8) is 0 Å². The van der Waals surface area contributed by atoms with Crippen LogP contribution in [0, 0.1) is 6.92 Å². The Kier molecular flexibility index (Phi) is 3.02. The quantitative estimate of drug-likeness (QED) is 0.790. The van der Waals surface area contributed by atoms with Crippen molar-refractivity contribution in [2.75, 3.05) is 0 Å². The first-order valence-corrected chi connectivity index (χ1v) is 6.80. The van der Waals surface area contributed by atoms with Gasteiger partial charge in [0.05, 0.1) is 22.4 Å². The van der Waals surface area contributed by atoms with Gasteiger partial charge in [-0.2, -0.15) is 5.10 Å². The summed E-state index contributed by atoms with van der Waals surface area (Å²) in [7, 11) is 3.66. The third kappa shape index (κ3) is 1.85. The molecular weight excluding hydrogens is 290 g/mol. The second-order valence-corrected chi connectivity index (χ2v) is 5.40. The van der Waals surface area contributed by atoms with Gasteiger partial charge in [-0.3, -0.25) is 4.68 Å². The minimum atomic E-state index is -0.989. The molecule has 2 aromatic heterocycles. The van der Waals surface area contributed by atoms with Crippen molar-refractivity contribution >= 4 is 28.5 Å². The average Bonchev–Trinajstić information content (AvgIpc) is 2.91. The summed E-state index contributed by atoms with van der Waals surface area (Å²) in [5.41, 5.74) is 3.47. The van der Waals surface area contributed by atoms with Gasteiger partial charge in [0.15, 0.2) is 0 Å². The van der Waals surface area contributed by atoms with E-state index in [1.807, 2.05) is 36.7 Å². The van der Waals surface area contributed by atoms with Crippen LogP contribution in [0.25, 0.3) is 22.2 Å². The molecule has 0 aliphatic rings. The Morgan fingerprint density at radius 2 is 2.05 bits per heavy atom. The number of para-hydroxylation sites is 1. The summed E-state index contributed by atoms with van der Waals surface area (Å²) in [6.07, 6.45) is 1.38. The maximum Gasteiger partial charge on any atom is 0.339 e. The summed E-state index contributed by atoms with van der Waals surface area (Å²) in [5.74, 6) is -0.989. The largest absolute Gasteiger partial charge is 0.478 e. The number of benzene rings is 1. The van der Waals surface area contributed by atoms with E-state index in [2.05, 4.69) is 5.10 Å². The number of hydrogen-bond donors (Lipinski definition) is 1. The average molecular weight is 304 g/mol. The van der Waals surface area contributed by atoms with Gasteiger partial charge in [0.2, 0.25) is 0 Å². The third-order valence-corrected chi connectivity index (χ3v) is 4.17. The van der Waals surface area contributed by atoms with Gasteiger partial charge < -0.3 is 9.67 Å². The molecule has 0 fully saturated rings. The fourth-order valence-electron chi connectivity index (χ4n) is 2.78. The smallest absolute Gasteiger partial charge is 0.339 e. The molecule has 5 nitrogen and oxygen atoms in total. The van der Waals surface area contributed by atoms with Gasteiger partial charge in [-0.1, -0.05) is 23.7 Å². The number of fused-ring (bicyclic) bond motifs is 1. The molecule has 1 aromatic carbocycles. The minimum absolute atomic E-state index is 0.188. The molecule has 0 bridgehead atoms. The highest BCUT2D eigenvalue weighted by Crippen LogP contribution is 2.38. The van der Waals surface area contributed by atoms with Gasteiger partial charge in [0.1, 0.15) is 5.56 Å². The van der Waals surface area contributed by atoms with E-state index in [0.717, 1.165) is 22.2 Å². The second-order valence-electron chi connectivity index (χ2n) is 4.99. The van der Waals surface area contributed by atoms with Crippen molar-refractivity contribution in [3.8, 4) is 11.3 Å². The highest BCUT2D eigenvalue weighted by Gasteiger charge is 2.23. The molecule has 2 heterocycles. The molecule has 0 atom stereocenters. The number of rotatable bonds is 2. The monoisotopic (exact) mass is 303 g/mol. The van der Waals surface area contributed by atoms with E-state index in [1.165, 1.54) is 6.20 Å². The van der Waals surface area contributed by atoms with E-state index in [0.29, 0.717) is 10.7 Å². The lowest BCUT2D eigenvalue weighted by Gasteiger charge is -2.05. The SMILES string of the molecule is Cc1c(-c2c(C(=O)O)cnn2C)c2cccc(Cl)c2n1C. The van der Waals surface area contributed by atoms with E-state index >= 15 is 0 Å². The Hall–Kier alpha value is -2.27. The Labute approximate surface area is 126 Å². The number of hydrogen-bond acceptors (Lipinski definition) is 2. The van der Waals surface area contributed by atoms with E-state index in [1.54, 1.807) is 11.7 Å². The van der Waals surface area contributed by atoms with Crippen LogP contribution in [0.5, 0.6) is 0 Å². The van der Waals surface area contributed by atoms with Gasteiger partial charge in [0, 0.05) is 30.7 Å². The topological polar surface area (TPSA) is 60.0 Å². The maximum absolute atomic E-state index is 11.4. The number of aromatic nitrogens is 3. The molecule has 108 valence electrons. The van der Waals surface area contributed by atoms with Crippen molar-refractivity contribution in [2.24, 2.45) is 14.1 Å². The standard InChI is InChI=1S/C15H14ClN3O2/c1-8-12(14-10(15(20)21)7-17-19(14)3)9-5-4-6-11(16)13(9)18(8)2/h4-7H,1-3H3,(H,20,21). The molecule has 3 aromatic rings. The second kappa shape index (κ2) is 4.63.